The number of halogens is 1. The topological polar surface area (TPSA) is 64.1 Å². The lowest BCUT2D eigenvalue weighted by atomic mass is 10.2. The molecule has 20 heavy (non-hydrogen) atoms. The van der Waals surface area contributed by atoms with Crippen molar-refractivity contribution >= 4 is 29.0 Å². The van der Waals surface area contributed by atoms with Crippen LogP contribution >= 0.6 is 11.6 Å². The van der Waals surface area contributed by atoms with Crippen molar-refractivity contribution < 1.29 is 4.42 Å². The molecule has 4 nitrogen and oxygen atoms in total. The number of anilines is 3. The predicted octanol–water partition coefficient (Wildman–Crippen LogP) is 4.32. The highest BCUT2D eigenvalue weighted by atomic mass is 35.5. The third-order valence-corrected chi connectivity index (χ3v) is 3.02. The van der Waals surface area contributed by atoms with Crippen LogP contribution < -0.4 is 11.1 Å². The fraction of sp³-hybridized carbons (Fsp3) is 0. The van der Waals surface area contributed by atoms with E-state index >= 15 is 0 Å². The van der Waals surface area contributed by atoms with Gasteiger partial charge in [0, 0.05) is 22.0 Å². The van der Waals surface area contributed by atoms with Gasteiger partial charge < -0.3 is 15.5 Å². The Balaban J connectivity index is 1.82. The molecule has 3 aromatic rings. The molecule has 0 bridgehead atoms. The van der Waals surface area contributed by atoms with Crippen LogP contribution in [-0.2, 0) is 0 Å². The van der Waals surface area contributed by atoms with E-state index in [1.807, 2.05) is 48.5 Å². The number of hydrogen-bond donors (Lipinski definition) is 2. The lowest BCUT2D eigenvalue weighted by Gasteiger charge is -2.01. The van der Waals surface area contributed by atoms with Gasteiger partial charge in [0.2, 0.25) is 0 Å². The summed E-state index contributed by atoms with van der Waals surface area (Å²) in [7, 11) is 0. The van der Waals surface area contributed by atoms with Crippen LogP contribution in [0.4, 0.5) is 17.4 Å². The second-order valence-electron chi connectivity index (χ2n) is 4.30. The highest BCUT2D eigenvalue weighted by Gasteiger charge is 2.06. The Morgan fingerprint density at radius 3 is 2.65 bits per heavy atom. The van der Waals surface area contributed by atoms with Crippen LogP contribution in [0.2, 0.25) is 5.02 Å². The molecule has 0 aliphatic rings. The number of nitrogens with one attached hydrogen (secondary N) is 1. The molecule has 2 aromatic carbocycles. The number of nitrogens with two attached hydrogens (primary N) is 1. The molecular weight excluding hydrogens is 274 g/mol. The Labute approximate surface area is 121 Å². The SMILES string of the molecule is Nc1ccc(Nc2nc(-c3cccc(Cl)c3)co2)cc1. The standard InChI is InChI=1S/C15H12ClN3O/c16-11-3-1-2-10(8-11)14-9-20-15(19-14)18-13-6-4-12(17)5-7-13/h1-9H,17H2,(H,18,19). The van der Waals surface area contributed by atoms with E-state index in [4.69, 9.17) is 21.8 Å². The molecule has 0 radical (unpaired) electrons. The highest BCUT2D eigenvalue weighted by molar-refractivity contribution is 6.30. The van der Waals surface area contributed by atoms with Gasteiger partial charge in [-0.25, -0.2) is 0 Å². The molecular formula is C15H12ClN3O. The fourth-order valence-corrected chi connectivity index (χ4v) is 1.99. The van der Waals surface area contributed by atoms with E-state index in [2.05, 4.69) is 10.3 Å². The first kappa shape index (κ1) is 12.6. The molecule has 1 aromatic heterocycles. The van der Waals surface area contributed by atoms with Crippen LogP contribution in [0, 0.1) is 0 Å². The van der Waals surface area contributed by atoms with Gasteiger partial charge in [0.05, 0.1) is 0 Å². The van der Waals surface area contributed by atoms with Gasteiger partial charge in [0.15, 0.2) is 0 Å². The van der Waals surface area contributed by atoms with Crippen LogP contribution in [-0.4, -0.2) is 4.98 Å². The molecule has 0 aliphatic heterocycles. The van der Waals surface area contributed by atoms with Crippen molar-refractivity contribution in [2.24, 2.45) is 0 Å². The summed E-state index contributed by atoms with van der Waals surface area (Å²) in [6.07, 6.45) is 1.59. The third-order valence-electron chi connectivity index (χ3n) is 2.79. The minimum atomic E-state index is 0.421. The minimum Gasteiger partial charge on any atom is -0.431 e. The van der Waals surface area contributed by atoms with Crippen molar-refractivity contribution in [2.75, 3.05) is 11.1 Å². The van der Waals surface area contributed by atoms with Crippen molar-refractivity contribution in [3.63, 3.8) is 0 Å². The zero-order valence-electron chi connectivity index (χ0n) is 10.5. The Morgan fingerprint density at radius 2 is 1.90 bits per heavy atom. The van der Waals surface area contributed by atoms with E-state index in [9.17, 15) is 0 Å². The maximum atomic E-state index is 5.96. The molecule has 5 heteroatoms. The van der Waals surface area contributed by atoms with E-state index < -0.39 is 0 Å². The van der Waals surface area contributed by atoms with Crippen LogP contribution in [0.3, 0.4) is 0 Å². The number of benzene rings is 2. The summed E-state index contributed by atoms with van der Waals surface area (Å²) in [5, 5.41) is 3.73. The first-order valence-corrected chi connectivity index (χ1v) is 6.42. The molecule has 0 fully saturated rings. The first-order chi connectivity index (χ1) is 9.70. The largest absolute Gasteiger partial charge is 0.431 e. The number of nitrogens with zero attached hydrogens (tertiary/aromatic N) is 1. The second kappa shape index (κ2) is 5.27. The summed E-state index contributed by atoms with van der Waals surface area (Å²) in [4.78, 5) is 4.37. The van der Waals surface area contributed by atoms with Crippen LogP contribution in [0.1, 0.15) is 0 Å². The highest BCUT2D eigenvalue weighted by Crippen LogP contribution is 2.25. The van der Waals surface area contributed by atoms with Gasteiger partial charge in [0.25, 0.3) is 6.01 Å². The average Bonchev–Trinajstić information content (AvgIpc) is 2.90. The van der Waals surface area contributed by atoms with Gasteiger partial charge in [-0.05, 0) is 36.4 Å². The monoisotopic (exact) mass is 285 g/mol. The fourth-order valence-electron chi connectivity index (χ4n) is 1.80. The second-order valence-corrected chi connectivity index (χ2v) is 4.73. The zero-order chi connectivity index (χ0) is 13.9. The quantitative estimate of drug-likeness (QED) is 0.703. The van der Waals surface area contributed by atoms with Gasteiger partial charge >= 0.3 is 0 Å². The molecule has 0 atom stereocenters. The van der Waals surface area contributed by atoms with Crippen molar-refractivity contribution in [2.45, 2.75) is 0 Å². The normalized spacial score (nSPS) is 10.4. The number of hydrogen-bond acceptors (Lipinski definition) is 4. The minimum absolute atomic E-state index is 0.421. The van der Waals surface area contributed by atoms with E-state index in [1.165, 1.54) is 0 Å². The molecule has 0 aliphatic carbocycles. The first-order valence-electron chi connectivity index (χ1n) is 6.05. The maximum Gasteiger partial charge on any atom is 0.299 e. The summed E-state index contributed by atoms with van der Waals surface area (Å²) in [5.41, 5.74) is 8.84. The van der Waals surface area contributed by atoms with Crippen LogP contribution in [0.5, 0.6) is 0 Å². The van der Waals surface area contributed by atoms with Gasteiger partial charge in [-0.2, -0.15) is 4.98 Å². The van der Waals surface area contributed by atoms with E-state index in [0.29, 0.717) is 16.7 Å². The number of aromatic nitrogens is 1. The van der Waals surface area contributed by atoms with Gasteiger partial charge in [-0.1, -0.05) is 23.7 Å². The smallest absolute Gasteiger partial charge is 0.299 e. The number of nitrogen functional groups attached to an aromatic ring is 1. The molecule has 100 valence electrons. The van der Waals surface area contributed by atoms with Crippen molar-refractivity contribution in [3.8, 4) is 11.3 Å². The predicted molar refractivity (Wildman–Crippen MR) is 81.1 cm³/mol. The Kier molecular flexibility index (Phi) is 3.31. The van der Waals surface area contributed by atoms with Gasteiger partial charge in [0.1, 0.15) is 12.0 Å². The molecule has 0 spiro atoms. The maximum absolute atomic E-state index is 5.96. The van der Waals surface area contributed by atoms with Crippen molar-refractivity contribution in [1.82, 2.24) is 4.98 Å². The molecule has 3 rings (SSSR count). The molecule has 0 saturated heterocycles. The Bertz CT molecular complexity index is 722. The van der Waals surface area contributed by atoms with Gasteiger partial charge in [-0.3, -0.25) is 0 Å². The molecule has 0 saturated carbocycles. The Hall–Kier alpha value is -2.46. The zero-order valence-corrected chi connectivity index (χ0v) is 11.3. The van der Waals surface area contributed by atoms with E-state index in [0.717, 1.165) is 16.9 Å². The van der Waals surface area contributed by atoms with Crippen molar-refractivity contribution in [3.05, 3.63) is 59.8 Å². The van der Waals surface area contributed by atoms with E-state index in [-0.39, 0.29) is 0 Å². The summed E-state index contributed by atoms with van der Waals surface area (Å²) in [6.45, 7) is 0. The summed E-state index contributed by atoms with van der Waals surface area (Å²) in [5.74, 6) is 0. The Morgan fingerprint density at radius 1 is 1.10 bits per heavy atom. The van der Waals surface area contributed by atoms with Gasteiger partial charge in [-0.15, -0.1) is 0 Å². The summed E-state index contributed by atoms with van der Waals surface area (Å²) < 4.78 is 5.40. The number of oxazole rings is 1. The molecule has 1 heterocycles. The molecule has 3 N–H and O–H groups in total. The molecule has 0 amide bonds. The summed E-state index contributed by atoms with van der Waals surface area (Å²) >= 11 is 5.96. The van der Waals surface area contributed by atoms with Crippen LogP contribution in [0.15, 0.2) is 59.2 Å². The molecule has 0 unspecified atom stereocenters. The third kappa shape index (κ3) is 2.75. The van der Waals surface area contributed by atoms with Crippen molar-refractivity contribution in [1.29, 1.82) is 0 Å². The van der Waals surface area contributed by atoms with E-state index in [1.54, 1.807) is 6.26 Å². The lowest BCUT2D eigenvalue weighted by Crippen LogP contribution is -1.91. The average molecular weight is 286 g/mol. The number of rotatable bonds is 3. The lowest BCUT2D eigenvalue weighted by molar-refractivity contribution is 0.578. The van der Waals surface area contributed by atoms with Crippen LogP contribution in [0.25, 0.3) is 11.3 Å². The summed E-state index contributed by atoms with van der Waals surface area (Å²) in [6, 6.07) is 15.2.